The summed E-state index contributed by atoms with van der Waals surface area (Å²) in [6.45, 7) is 0. The van der Waals surface area contributed by atoms with Crippen LogP contribution in [0.1, 0.15) is 11.3 Å². The zero-order chi connectivity index (χ0) is 14.5. The monoisotopic (exact) mass is 312 g/mol. The van der Waals surface area contributed by atoms with Gasteiger partial charge in [-0.15, -0.1) is 11.6 Å². The molecule has 0 aliphatic carbocycles. The molecule has 108 valence electrons. The minimum absolute atomic E-state index is 0.473. The lowest BCUT2D eigenvalue weighted by molar-refractivity contribution is 0.354. The van der Waals surface area contributed by atoms with Crippen LogP contribution in [0.4, 0.5) is 0 Å². The number of hydrogen-bond acceptors (Lipinski definition) is 4. The second kappa shape index (κ2) is 6.90. The van der Waals surface area contributed by atoms with Crippen molar-refractivity contribution in [1.82, 2.24) is 9.55 Å². The van der Waals surface area contributed by atoms with Crippen LogP contribution in [0.3, 0.4) is 0 Å². The van der Waals surface area contributed by atoms with E-state index in [0.29, 0.717) is 5.88 Å². The molecule has 0 bridgehead atoms. The quantitative estimate of drug-likeness (QED) is 0.604. The van der Waals surface area contributed by atoms with Crippen LogP contribution in [-0.4, -0.2) is 23.8 Å². The summed E-state index contributed by atoms with van der Waals surface area (Å²) in [5.41, 5.74) is 2.17. The average Bonchev–Trinajstić information content (AvgIpc) is 2.85. The second-order valence-corrected chi connectivity index (χ2v) is 5.41. The minimum atomic E-state index is 0.473. The van der Waals surface area contributed by atoms with Gasteiger partial charge in [0.15, 0.2) is 16.7 Å². The molecule has 1 heterocycles. The predicted molar refractivity (Wildman–Crippen MR) is 81.9 cm³/mol. The highest BCUT2D eigenvalue weighted by molar-refractivity contribution is 7.98. The molecule has 0 aliphatic rings. The fourth-order valence-electron chi connectivity index (χ4n) is 1.80. The molecule has 2 rings (SSSR count). The Morgan fingerprint density at radius 2 is 2.00 bits per heavy atom. The summed E-state index contributed by atoms with van der Waals surface area (Å²) < 4.78 is 12.5. The fraction of sp³-hybridized carbons (Fsp3) is 0.357. The van der Waals surface area contributed by atoms with Crippen molar-refractivity contribution in [3.05, 3.63) is 35.7 Å². The van der Waals surface area contributed by atoms with E-state index in [0.717, 1.165) is 33.7 Å². The normalized spacial score (nSPS) is 10.6. The first-order chi connectivity index (χ1) is 9.69. The van der Waals surface area contributed by atoms with Gasteiger partial charge in [0.2, 0.25) is 0 Å². The number of imidazole rings is 1. The molecule has 0 amide bonds. The molecule has 20 heavy (non-hydrogen) atoms. The molecule has 6 heteroatoms. The van der Waals surface area contributed by atoms with Gasteiger partial charge < -0.3 is 14.0 Å². The van der Waals surface area contributed by atoms with Crippen LogP contribution in [0.25, 0.3) is 0 Å². The van der Waals surface area contributed by atoms with Crippen LogP contribution >= 0.6 is 23.4 Å². The molecule has 0 fully saturated rings. The molecule has 4 nitrogen and oxygen atoms in total. The number of nitrogens with zero attached hydrogens (tertiary/aromatic N) is 2. The summed E-state index contributed by atoms with van der Waals surface area (Å²) in [4.78, 5) is 4.36. The molecule has 0 N–H and O–H groups in total. The maximum Gasteiger partial charge on any atom is 0.168 e. The number of rotatable bonds is 6. The van der Waals surface area contributed by atoms with E-state index < -0.39 is 0 Å². The van der Waals surface area contributed by atoms with E-state index in [2.05, 4.69) is 4.98 Å². The highest BCUT2D eigenvalue weighted by Crippen LogP contribution is 2.30. The third kappa shape index (κ3) is 3.22. The van der Waals surface area contributed by atoms with Gasteiger partial charge in [0, 0.05) is 12.8 Å². The van der Waals surface area contributed by atoms with Gasteiger partial charge in [-0.25, -0.2) is 4.98 Å². The van der Waals surface area contributed by atoms with Crippen molar-refractivity contribution < 1.29 is 9.47 Å². The first-order valence-electron chi connectivity index (χ1n) is 6.09. The smallest absolute Gasteiger partial charge is 0.168 e. The van der Waals surface area contributed by atoms with E-state index in [4.69, 9.17) is 21.1 Å². The zero-order valence-electron chi connectivity index (χ0n) is 11.7. The Hall–Kier alpha value is -1.33. The third-order valence-electron chi connectivity index (χ3n) is 2.99. The van der Waals surface area contributed by atoms with E-state index in [1.807, 2.05) is 36.0 Å². The summed E-state index contributed by atoms with van der Waals surface area (Å²) in [7, 11) is 5.25. The third-order valence-corrected chi connectivity index (χ3v) is 4.38. The van der Waals surface area contributed by atoms with Crippen molar-refractivity contribution in [3.63, 3.8) is 0 Å². The number of aromatic nitrogens is 2. The predicted octanol–water partition coefficient (Wildman–Crippen LogP) is 3.47. The lowest BCUT2D eigenvalue weighted by Crippen LogP contribution is -1.96. The first kappa shape index (κ1) is 15.1. The largest absolute Gasteiger partial charge is 0.493 e. The van der Waals surface area contributed by atoms with Gasteiger partial charge >= 0.3 is 0 Å². The van der Waals surface area contributed by atoms with E-state index in [-0.39, 0.29) is 0 Å². The summed E-state index contributed by atoms with van der Waals surface area (Å²) in [5, 5.41) is 0.954. The van der Waals surface area contributed by atoms with Crippen molar-refractivity contribution in [1.29, 1.82) is 0 Å². The molecule has 1 aromatic heterocycles. The first-order valence-corrected chi connectivity index (χ1v) is 7.61. The van der Waals surface area contributed by atoms with Crippen molar-refractivity contribution in [2.24, 2.45) is 7.05 Å². The van der Waals surface area contributed by atoms with E-state index >= 15 is 0 Å². The molecule has 0 spiro atoms. The van der Waals surface area contributed by atoms with Gasteiger partial charge in [0.1, 0.15) is 0 Å². The Morgan fingerprint density at radius 1 is 1.25 bits per heavy atom. The maximum atomic E-state index is 5.84. The van der Waals surface area contributed by atoms with Crippen molar-refractivity contribution in [3.8, 4) is 11.5 Å². The number of thioether (sulfide) groups is 1. The molecule has 0 unspecified atom stereocenters. The van der Waals surface area contributed by atoms with E-state index in [1.54, 1.807) is 26.0 Å². The SMILES string of the molecule is COc1ccc(CSc2ncc(CCl)n2C)cc1OC. The average molecular weight is 313 g/mol. The molecule has 0 aliphatic heterocycles. The summed E-state index contributed by atoms with van der Waals surface area (Å²) in [6.07, 6.45) is 1.81. The van der Waals surface area contributed by atoms with Gasteiger partial charge in [-0.3, -0.25) is 0 Å². The standard InChI is InChI=1S/C14H17ClN2O2S/c1-17-11(7-15)8-16-14(17)20-9-10-4-5-12(18-2)13(6-10)19-3/h4-6,8H,7,9H2,1-3H3. The lowest BCUT2D eigenvalue weighted by Gasteiger charge is -2.09. The Kier molecular flexibility index (Phi) is 5.20. The number of benzene rings is 1. The maximum absolute atomic E-state index is 5.84. The van der Waals surface area contributed by atoms with Crippen LogP contribution in [0.2, 0.25) is 0 Å². The summed E-state index contributed by atoms with van der Waals surface area (Å²) in [6, 6.07) is 5.92. The zero-order valence-corrected chi connectivity index (χ0v) is 13.3. The highest BCUT2D eigenvalue weighted by Gasteiger charge is 2.08. The minimum Gasteiger partial charge on any atom is -0.493 e. The number of methoxy groups -OCH3 is 2. The highest BCUT2D eigenvalue weighted by atomic mass is 35.5. The number of halogens is 1. The fourth-order valence-corrected chi connectivity index (χ4v) is 2.96. The Morgan fingerprint density at radius 3 is 2.60 bits per heavy atom. The second-order valence-electron chi connectivity index (χ2n) is 4.20. The Bertz CT molecular complexity index is 587. The molecule has 0 saturated carbocycles. The molecule has 0 radical (unpaired) electrons. The van der Waals surface area contributed by atoms with Gasteiger partial charge in [0.25, 0.3) is 0 Å². The van der Waals surface area contributed by atoms with Crippen LogP contribution < -0.4 is 9.47 Å². The number of alkyl halides is 1. The van der Waals surface area contributed by atoms with Crippen LogP contribution in [0.5, 0.6) is 11.5 Å². The van der Waals surface area contributed by atoms with Crippen LogP contribution in [-0.2, 0) is 18.7 Å². The lowest BCUT2D eigenvalue weighted by atomic mass is 10.2. The van der Waals surface area contributed by atoms with E-state index in [9.17, 15) is 0 Å². The van der Waals surface area contributed by atoms with Crippen LogP contribution in [0.15, 0.2) is 29.6 Å². The van der Waals surface area contributed by atoms with Gasteiger partial charge in [-0.05, 0) is 17.7 Å². The molecule has 2 aromatic rings. The van der Waals surface area contributed by atoms with Crippen LogP contribution in [0, 0.1) is 0 Å². The summed E-state index contributed by atoms with van der Waals surface area (Å²) in [5.74, 6) is 2.77. The molecule has 1 aromatic carbocycles. The van der Waals surface area contributed by atoms with Crippen molar-refractivity contribution >= 4 is 23.4 Å². The Labute approximate surface area is 128 Å². The summed E-state index contributed by atoms with van der Waals surface area (Å²) >= 11 is 7.50. The van der Waals surface area contributed by atoms with Gasteiger partial charge in [-0.1, -0.05) is 17.8 Å². The van der Waals surface area contributed by atoms with Crippen molar-refractivity contribution in [2.75, 3.05) is 14.2 Å². The number of hydrogen-bond donors (Lipinski definition) is 0. The molecule has 0 atom stereocenters. The molecular weight excluding hydrogens is 296 g/mol. The van der Waals surface area contributed by atoms with E-state index in [1.165, 1.54) is 0 Å². The van der Waals surface area contributed by atoms with Crippen molar-refractivity contribution in [2.45, 2.75) is 16.8 Å². The topological polar surface area (TPSA) is 36.3 Å². The van der Waals surface area contributed by atoms with Gasteiger partial charge in [0.05, 0.1) is 32.0 Å². The molecular formula is C14H17ClN2O2S. The number of ether oxygens (including phenoxy) is 2. The Balaban J connectivity index is 2.08. The van der Waals surface area contributed by atoms with Gasteiger partial charge in [-0.2, -0.15) is 0 Å². The molecule has 0 saturated heterocycles.